The van der Waals surface area contributed by atoms with Crippen LogP contribution in [-0.4, -0.2) is 60.4 Å². The maximum Gasteiger partial charge on any atom is 0.483 e. The topological polar surface area (TPSA) is 27.7 Å². The van der Waals surface area contributed by atoms with Crippen LogP contribution in [-0.2, 0) is 13.3 Å². The Labute approximate surface area is 122 Å². The molecule has 0 heterocycles. The summed E-state index contributed by atoms with van der Waals surface area (Å²) in [7, 11) is 3.05. The van der Waals surface area contributed by atoms with Crippen molar-refractivity contribution in [3.63, 3.8) is 0 Å². The molecule has 85 valence electrons. The van der Waals surface area contributed by atoms with Gasteiger partial charge in [-0.1, -0.05) is 43.0 Å². The first-order valence-electron chi connectivity index (χ1n) is 4.54. The second kappa shape index (κ2) is 13.1. The van der Waals surface area contributed by atoms with Gasteiger partial charge in [-0.2, -0.15) is 0 Å². The maximum absolute atomic E-state index is 4.74. The molecule has 1 aromatic rings. The van der Waals surface area contributed by atoms with Crippen molar-refractivity contribution in [1.29, 1.82) is 0 Å². The third kappa shape index (κ3) is 9.29. The minimum absolute atomic E-state index is 0. The van der Waals surface area contributed by atoms with Crippen LogP contribution in [0.1, 0.15) is 5.56 Å². The van der Waals surface area contributed by atoms with E-state index in [2.05, 4.69) is 6.58 Å². The first-order chi connectivity index (χ1) is 7.28. The first-order valence-corrected chi connectivity index (χ1v) is 5.95. The van der Waals surface area contributed by atoms with Crippen LogP contribution < -0.4 is 0 Å². The van der Waals surface area contributed by atoms with Gasteiger partial charge >= 0.3 is 9.53 Å². The average Bonchev–Trinajstić information content (AvgIpc) is 2.33. The molecule has 0 aromatic heterocycles. The van der Waals surface area contributed by atoms with E-state index in [4.69, 9.17) is 13.3 Å². The van der Waals surface area contributed by atoms with E-state index < -0.39 is 9.53 Å². The summed E-state index contributed by atoms with van der Waals surface area (Å²) in [5, 5.41) is 0. The van der Waals surface area contributed by atoms with Crippen LogP contribution in [0, 0.1) is 0 Å². The van der Waals surface area contributed by atoms with E-state index in [-0.39, 0.29) is 29.6 Å². The van der Waals surface area contributed by atoms with Crippen molar-refractivity contribution < 1.29 is 13.3 Å². The van der Waals surface area contributed by atoms with Crippen molar-refractivity contribution in [2.45, 2.75) is 0 Å². The minimum Gasteiger partial charge on any atom is -0.379 e. The molecule has 1 aromatic carbocycles. The van der Waals surface area contributed by atoms with E-state index >= 15 is 0 Å². The van der Waals surface area contributed by atoms with Gasteiger partial charge in [0, 0.05) is 50.9 Å². The Balaban J connectivity index is 0. The standard InChI is InChI=1S/C8H8.C3H10O3Si.Na/c1-2-8-6-4-3-5-7-8;1-4-7(5-2)6-3;/h2-7H,1H2;7H,1-3H3;. The number of hydrogen-bond acceptors (Lipinski definition) is 3. The maximum atomic E-state index is 4.74. The van der Waals surface area contributed by atoms with Crippen LogP contribution in [0.2, 0.25) is 0 Å². The van der Waals surface area contributed by atoms with E-state index in [1.807, 2.05) is 36.4 Å². The number of rotatable bonds is 4. The molecule has 0 aliphatic rings. The molecule has 0 aliphatic heterocycles. The van der Waals surface area contributed by atoms with E-state index in [0.717, 1.165) is 0 Å². The summed E-state index contributed by atoms with van der Waals surface area (Å²) in [6.07, 6.45) is 1.83. The van der Waals surface area contributed by atoms with Crippen molar-refractivity contribution in [3.8, 4) is 0 Å². The quantitative estimate of drug-likeness (QED) is 0.759. The molecule has 0 aliphatic carbocycles. The normalized spacial score (nSPS) is 8.75. The van der Waals surface area contributed by atoms with Crippen molar-refractivity contribution in [3.05, 3.63) is 42.5 Å². The van der Waals surface area contributed by atoms with Gasteiger partial charge in [-0.25, -0.2) is 0 Å². The molecule has 1 rings (SSSR count). The van der Waals surface area contributed by atoms with E-state index in [1.165, 1.54) is 5.56 Å². The van der Waals surface area contributed by atoms with Crippen LogP contribution >= 0.6 is 0 Å². The molecule has 0 fully saturated rings. The Morgan fingerprint density at radius 3 is 1.62 bits per heavy atom. The molecular weight excluding hydrogens is 231 g/mol. The Bertz CT molecular complexity index is 247. The second-order valence-corrected chi connectivity index (χ2v) is 4.60. The molecule has 0 unspecified atom stereocenters. The third-order valence-electron chi connectivity index (χ3n) is 1.61. The van der Waals surface area contributed by atoms with Gasteiger partial charge in [-0.05, 0) is 5.56 Å². The van der Waals surface area contributed by atoms with Gasteiger partial charge in [-0.15, -0.1) is 0 Å². The van der Waals surface area contributed by atoms with Crippen LogP contribution in [0.15, 0.2) is 36.9 Å². The van der Waals surface area contributed by atoms with Crippen molar-refractivity contribution in [2.24, 2.45) is 0 Å². The van der Waals surface area contributed by atoms with E-state index in [9.17, 15) is 0 Å². The fourth-order valence-electron chi connectivity index (χ4n) is 0.878. The average molecular weight is 249 g/mol. The van der Waals surface area contributed by atoms with E-state index in [0.29, 0.717) is 0 Å². The molecular formula is C11H18NaO3Si. The summed E-state index contributed by atoms with van der Waals surface area (Å²) >= 11 is 0. The summed E-state index contributed by atoms with van der Waals surface area (Å²) in [6.45, 7) is 3.63. The molecule has 0 amide bonds. The second-order valence-electron chi connectivity index (χ2n) is 2.61. The molecule has 0 spiro atoms. The molecule has 3 nitrogen and oxygen atoms in total. The van der Waals surface area contributed by atoms with Gasteiger partial charge in [0.05, 0.1) is 0 Å². The molecule has 5 heteroatoms. The first kappa shape index (κ1) is 18.4. The van der Waals surface area contributed by atoms with Gasteiger partial charge in [0.1, 0.15) is 0 Å². The van der Waals surface area contributed by atoms with Crippen molar-refractivity contribution in [1.82, 2.24) is 0 Å². The minimum atomic E-state index is -1.67. The molecule has 1 radical (unpaired) electrons. The SMILES string of the molecule is C=Cc1ccccc1.CO[SiH](OC)OC.[Na]. The van der Waals surface area contributed by atoms with Gasteiger partial charge < -0.3 is 13.3 Å². The van der Waals surface area contributed by atoms with Crippen LogP contribution in [0.5, 0.6) is 0 Å². The van der Waals surface area contributed by atoms with Gasteiger partial charge in [0.15, 0.2) is 0 Å². The molecule has 0 saturated heterocycles. The third-order valence-corrected chi connectivity index (χ3v) is 2.77. The summed E-state index contributed by atoms with van der Waals surface area (Å²) in [5.41, 5.74) is 1.17. The Morgan fingerprint density at radius 2 is 1.44 bits per heavy atom. The van der Waals surface area contributed by atoms with Crippen molar-refractivity contribution >= 4 is 45.2 Å². The summed E-state index contributed by atoms with van der Waals surface area (Å²) in [6, 6.07) is 10.0. The summed E-state index contributed by atoms with van der Waals surface area (Å²) in [5.74, 6) is 0. The van der Waals surface area contributed by atoms with Crippen LogP contribution in [0.25, 0.3) is 6.08 Å². The predicted molar refractivity (Wildman–Crippen MR) is 70.5 cm³/mol. The summed E-state index contributed by atoms with van der Waals surface area (Å²) < 4.78 is 14.2. The van der Waals surface area contributed by atoms with E-state index in [1.54, 1.807) is 21.3 Å². The zero-order valence-corrected chi connectivity index (χ0v) is 13.6. The fourth-order valence-corrected chi connectivity index (χ4v) is 1.46. The Hall–Kier alpha value is 0.0569. The molecule has 0 atom stereocenters. The fraction of sp³-hybridized carbons (Fsp3) is 0.273. The number of hydrogen-bond donors (Lipinski definition) is 0. The smallest absolute Gasteiger partial charge is 0.379 e. The Morgan fingerprint density at radius 1 is 1.00 bits per heavy atom. The largest absolute Gasteiger partial charge is 0.483 e. The summed E-state index contributed by atoms with van der Waals surface area (Å²) in [4.78, 5) is 0. The van der Waals surface area contributed by atoms with Gasteiger partial charge in [0.2, 0.25) is 0 Å². The van der Waals surface area contributed by atoms with Crippen LogP contribution in [0.4, 0.5) is 0 Å². The molecule has 16 heavy (non-hydrogen) atoms. The van der Waals surface area contributed by atoms with Gasteiger partial charge in [0.25, 0.3) is 0 Å². The van der Waals surface area contributed by atoms with Gasteiger partial charge in [-0.3, -0.25) is 0 Å². The number of benzene rings is 1. The Kier molecular flexibility index (Phi) is 15.1. The monoisotopic (exact) mass is 249 g/mol. The molecule has 0 N–H and O–H groups in total. The molecule has 0 bridgehead atoms. The zero-order chi connectivity index (χ0) is 11.5. The molecule has 0 saturated carbocycles. The van der Waals surface area contributed by atoms with Crippen LogP contribution in [0.3, 0.4) is 0 Å². The zero-order valence-electron chi connectivity index (χ0n) is 10.5. The predicted octanol–water partition coefficient (Wildman–Crippen LogP) is 1.59. The van der Waals surface area contributed by atoms with Crippen molar-refractivity contribution in [2.75, 3.05) is 21.3 Å².